The summed E-state index contributed by atoms with van der Waals surface area (Å²) < 4.78 is 18.4. The summed E-state index contributed by atoms with van der Waals surface area (Å²) in [4.78, 5) is 11.5. The Morgan fingerprint density at radius 1 is 1.62 bits per heavy atom. The largest absolute Gasteiger partial charge is 0.462 e. The lowest BCUT2D eigenvalue weighted by Gasteiger charge is -2.08. The van der Waals surface area contributed by atoms with Gasteiger partial charge in [-0.15, -0.1) is 0 Å². The summed E-state index contributed by atoms with van der Waals surface area (Å²) in [6.45, 7) is 1.94. The summed E-state index contributed by atoms with van der Waals surface area (Å²) in [5, 5.41) is 0. The molecular formula is C12H14FNO2. The number of benzene rings is 1. The molecule has 16 heavy (non-hydrogen) atoms. The minimum atomic E-state index is -0.608. The number of fused-ring (bicyclic) bond motifs is 1. The summed E-state index contributed by atoms with van der Waals surface area (Å²) in [5.74, 6) is -1.15. The Morgan fingerprint density at radius 2 is 2.38 bits per heavy atom. The number of aryl methyl sites for hydroxylation is 1. The van der Waals surface area contributed by atoms with Crippen LogP contribution in [0.3, 0.4) is 0 Å². The van der Waals surface area contributed by atoms with E-state index in [-0.39, 0.29) is 18.2 Å². The van der Waals surface area contributed by atoms with Crippen molar-refractivity contribution in [3.05, 3.63) is 34.6 Å². The highest BCUT2D eigenvalue weighted by molar-refractivity contribution is 5.90. The maximum absolute atomic E-state index is 13.6. The van der Waals surface area contributed by atoms with Crippen molar-refractivity contribution < 1.29 is 13.9 Å². The molecule has 0 aliphatic heterocycles. The molecule has 1 aromatic rings. The Labute approximate surface area is 93.4 Å². The van der Waals surface area contributed by atoms with Gasteiger partial charge in [0.15, 0.2) is 0 Å². The molecule has 0 heterocycles. The topological polar surface area (TPSA) is 52.3 Å². The molecule has 0 radical (unpaired) electrons. The molecule has 0 saturated heterocycles. The third-order valence-electron chi connectivity index (χ3n) is 2.85. The number of carbonyl (C=O) groups is 1. The summed E-state index contributed by atoms with van der Waals surface area (Å²) in [7, 11) is 0. The number of esters is 1. The highest BCUT2D eigenvalue weighted by Gasteiger charge is 2.23. The van der Waals surface area contributed by atoms with Crippen LogP contribution >= 0.6 is 0 Å². The third kappa shape index (κ3) is 1.80. The van der Waals surface area contributed by atoms with Crippen molar-refractivity contribution in [2.45, 2.75) is 25.8 Å². The number of hydrogen-bond donors (Lipinski definition) is 1. The lowest BCUT2D eigenvalue weighted by atomic mass is 10.0. The molecule has 2 N–H and O–H groups in total. The maximum Gasteiger partial charge on any atom is 0.341 e. The molecule has 1 atom stereocenters. The minimum Gasteiger partial charge on any atom is -0.462 e. The van der Waals surface area contributed by atoms with Gasteiger partial charge in [0, 0.05) is 6.04 Å². The first kappa shape index (κ1) is 11.1. The van der Waals surface area contributed by atoms with Gasteiger partial charge in [-0.05, 0) is 43.0 Å². The zero-order valence-corrected chi connectivity index (χ0v) is 9.13. The molecule has 0 amide bonds. The van der Waals surface area contributed by atoms with E-state index in [1.54, 1.807) is 13.0 Å². The van der Waals surface area contributed by atoms with Crippen molar-refractivity contribution in [2.75, 3.05) is 6.61 Å². The number of halogens is 1. The first-order chi connectivity index (χ1) is 7.63. The highest BCUT2D eigenvalue weighted by atomic mass is 19.1. The second-order valence-corrected chi connectivity index (χ2v) is 3.90. The van der Waals surface area contributed by atoms with Crippen LogP contribution < -0.4 is 5.73 Å². The second kappa shape index (κ2) is 4.22. The van der Waals surface area contributed by atoms with Gasteiger partial charge < -0.3 is 10.5 Å². The Hall–Kier alpha value is -1.42. The molecule has 0 bridgehead atoms. The van der Waals surface area contributed by atoms with E-state index in [1.165, 1.54) is 6.07 Å². The molecule has 1 aromatic carbocycles. The number of carbonyl (C=O) groups excluding carboxylic acids is 1. The van der Waals surface area contributed by atoms with E-state index in [1.807, 2.05) is 0 Å². The van der Waals surface area contributed by atoms with Crippen molar-refractivity contribution in [2.24, 2.45) is 5.73 Å². The predicted octanol–water partition coefficient (Wildman–Crippen LogP) is 1.95. The van der Waals surface area contributed by atoms with Crippen molar-refractivity contribution in [1.29, 1.82) is 0 Å². The quantitative estimate of drug-likeness (QED) is 0.779. The highest BCUT2D eigenvalue weighted by Crippen LogP contribution is 2.31. The summed E-state index contributed by atoms with van der Waals surface area (Å²) >= 11 is 0. The molecule has 2 rings (SSSR count). The van der Waals surface area contributed by atoms with Gasteiger partial charge in [-0.2, -0.15) is 0 Å². The van der Waals surface area contributed by atoms with Crippen molar-refractivity contribution >= 4 is 5.97 Å². The van der Waals surface area contributed by atoms with Gasteiger partial charge in [0.2, 0.25) is 0 Å². The van der Waals surface area contributed by atoms with Crippen molar-refractivity contribution in [3.63, 3.8) is 0 Å². The van der Waals surface area contributed by atoms with Crippen LogP contribution in [0, 0.1) is 5.82 Å². The van der Waals surface area contributed by atoms with Crippen LogP contribution in [-0.4, -0.2) is 12.6 Å². The first-order valence-corrected chi connectivity index (χ1v) is 5.38. The van der Waals surface area contributed by atoms with Crippen LogP contribution in [-0.2, 0) is 11.2 Å². The average Bonchev–Trinajstić information content (AvgIpc) is 2.59. The Bertz CT molecular complexity index is 431. The van der Waals surface area contributed by atoms with E-state index in [2.05, 4.69) is 0 Å². The van der Waals surface area contributed by atoms with Crippen LogP contribution in [0.1, 0.15) is 40.9 Å². The predicted molar refractivity (Wildman–Crippen MR) is 57.6 cm³/mol. The van der Waals surface area contributed by atoms with Gasteiger partial charge in [-0.25, -0.2) is 9.18 Å². The number of hydrogen-bond acceptors (Lipinski definition) is 3. The number of nitrogens with two attached hydrogens (primary N) is 1. The number of ether oxygens (including phenoxy) is 1. The van der Waals surface area contributed by atoms with Gasteiger partial charge in [-0.3, -0.25) is 0 Å². The standard InChI is InChI=1S/C12H14FNO2/c1-2-16-12(15)9-5-7-3-4-11(14)8(7)6-10(9)13/h5-6,11H,2-4,14H2,1H3. The molecular weight excluding hydrogens is 209 g/mol. The fraction of sp³-hybridized carbons (Fsp3) is 0.417. The molecule has 0 aromatic heterocycles. The smallest absolute Gasteiger partial charge is 0.341 e. The molecule has 86 valence electrons. The third-order valence-corrected chi connectivity index (χ3v) is 2.85. The molecule has 1 aliphatic carbocycles. The van der Waals surface area contributed by atoms with Gasteiger partial charge in [0.1, 0.15) is 5.82 Å². The molecule has 3 nitrogen and oxygen atoms in total. The SMILES string of the molecule is CCOC(=O)c1cc2c(cc1F)C(N)CC2. The van der Waals surface area contributed by atoms with E-state index in [4.69, 9.17) is 10.5 Å². The Kier molecular flexibility index (Phi) is 2.92. The maximum atomic E-state index is 13.6. The molecule has 0 saturated carbocycles. The molecule has 0 spiro atoms. The van der Waals surface area contributed by atoms with Crippen molar-refractivity contribution in [1.82, 2.24) is 0 Å². The lowest BCUT2D eigenvalue weighted by molar-refractivity contribution is 0.0521. The van der Waals surface area contributed by atoms with E-state index in [0.29, 0.717) is 0 Å². The van der Waals surface area contributed by atoms with Crippen molar-refractivity contribution in [3.8, 4) is 0 Å². The Balaban J connectivity index is 2.39. The average molecular weight is 223 g/mol. The summed E-state index contributed by atoms with van der Waals surface area (Å²) in [6.07, 6.45) is 1.60. The molecule has 1 unspecified atom stereocenters. The summed E-state index contributed by atoms with van der Waals surface area (Å²) in [5.41, 5.74) is 7.59. The monoisotopic (exact) mass is 223 g/mol. The van der Waals surface area contributed by atoms with Gasteiger partial charge in [0.05, 0.1) is 12.2 Å². The second-order valence-electron chi connectivity index (χ2n) is 3.90. The van der Waals surface area contributed by atoms with Gasteiger partial charge in [0.25, 0.3) is 0 Å². The van der Waals surface area contributed by atoms with Gasteiger partial charge in [-0.1, -0.05) is 0 Å². The molecule has 0 fully saturated rings. The zero-order valence-electron chi connectivity index (χ0n) is 9.13. The van der Waals surface area contributed by atoms with E-state index in [0.717, 1.165) is 24.0 Å². The minimum absolute atomic E-state index is 0.00898. The first-order valence-electron chi connectivity index (χ1n) is 5.38. The van der Waals surface area contributed by atoms with E-state index >= 15 is 0 Å². The molecule has 4 heteroatoms. The lowest BCUT2D eigenvalue weighted by Crippen LogP contribution is -2.10. The van der Waals surface area contributed by atoms with Crippen LogP contribution in [0.2, 0.25) is 0 Å². The zero-order chi connectivity index (χ0) is 11.7. The van der Waals surface area contributed by atoms with E-state index < -0.39 is 11.8 Å². The van der Waals surface area contributed by atoms with Crippen LogP contribution in [0.4, 0.5) is 4.39 Å². The van der Waals surface area contributed by atoms with Crippen LogP contribution in [0.15, 0.2) is 12.1 Å². The normalized spacial score (nSPS) is 18.3. The van der Waals surface area contributed by atoms with Gasteiger partial charge >= 0.3 is 5.97 Å². The van der Waals surface area contributed by atoms with Crippen LogP contribution in [0.5, 0.6) is 0 Å². The fourth-order valence-corrected chi connectivity index (χ4v) is 2.03. The molecule has 1 aliphatic rings. The summed E-state index contributed by atoms with van der Waals surface area (Å²) in [6, 6.07) is 2.81. The van der Waals surface area contributed by atoms with Crippen LogP contribution in [0.25, 0.3) is 0 Å². The Morgan fingerprint density at radius 3 is 3.06 bits per heavy atom. The fourth-order valence-electron chi connectivity index (χ4n) is 2.03. The number of rotatable bonds is 2. The van der Waals surface area contributed by atoms with E-state index in [9.17, 15) is 9.18 Å².